The molecule has 0 saturated heterocycles. The Morgan fingerprint density at radius 3 is 2.76 bits per heavy atom. The zero-order valence-electron chi connectivity index (χ0n) is 12.4. The van der Waals surface area contributed by atoms with Crippen molar-refractivity contribution in [2.75, 3.05) is 19.3 Å². The first-order valence-electron chi connectivity index (χ1n) is 6.80. The number of amides is 2. The molecule has 2 aromatic rings. The lowest BCUT2D eigenvalue weighted by Gasteiger charge is -2.17. The Balaban J connectivity index is 2.16. The second kappa shape index (κ2) is 5.87. The highest BCUT2D eigenvalue weighted by molar-refractivity contribution is 6.07. The SMILES string of the molecule is CC(C)NC(=O)CN(C)C(=O)c1c[nH]c2cc(N)ccc12. The summed E-state index contributed by atoms with van der Waals surface area (Å²) in [4.78, 5) is 28.6. The Kier molecular flexibility index (Phi) is 4.16. The van der Waals surface area contributed by atoms with Gasteiger partial charge in [-0.05, 0) is 32.0 Å². The minimum Gasteiger partial charge on any atom is -0.399 e. The summed E-state index contributed by atoms with van der Waals surface area (Å²) in [5.74, 6) is -0.380. The Hall–Kier alpha value is -2.50. The smallest absolute Gasteiger partial charge is 0.256 e. The predicted molar refractivity (Wildman–Crippen MR) is 83.0 cm³/mol. The summed E-state index contributed by atoms with van der Waals surface area (Å²) >= 11 is 0. The van der Waals surface area contributed by atoms with Crippen LogP contribution in [0.4, 0.5) is 5.69 Å². The van der Waals surface area contributed by atoms with Crippen LogP contribution in [0, 0.1) is 0 Å². The summed E-state index contributed by atoms with van der Waals surface area (Å²) in [6.45, 7) is 3.78. The average Bonchev–Trinajstić information content (AvgIpc) is 2.79. The molecule has 1 heterocycles. The van der Waals surface area contributed by atoms with Gasteiger partial charge in [0.05, 0.1) is 12.1 Å². The molecular weight excluding hydrogens is 268 g/mol. The number of nitrogens with zero attached hydrogens (tertiary/aromatic N) is 1. The maximum Gasteiger partial charge on any atom is 0.256 e. The van der Waals surface area contributed by atoms with Crippen molar-refractivity contribution < 1.29 is 9.59 Å². The van der Waals surface area contributed by atoms with Gasteiger partial charge in [-0.15, -0.1) is 0 Å². The Labute approximate surface area is 123 Å². The second-order valence-electron chi connectivity index (χ2n) is 5.39. The topological polar surface area (TPSA) is 91.2 Å². The van der Waals surface area contributed by atoms with E-state index in [9.17, 15) is 9.59 Å². The molecular formula is C15H20N4O2. The van der Waals surface area contributed by atoms with Gasteiger partial charge >= 0.3 is 0 Å². The van der Waals surface area contributed by atoms with Crippen LogP contribution < -0.4 is 11.1 Å². The number of benzene rings is 1. The van der Waals surface area contributed by atoms with Gasteiger partial charge in [0.25, 0.3) is 5.91 Å². The van der Waals surface area contributed by atoms with E-state index in [0.29, 0.717) is 11.3 Å². The zero-order valence-corrected chi connectivity index (χ0v) is 12.4. The van der Waals surface area contributed by atoms with Gasteiger partial charge in [0.15, 0.2) is 0 Å². The Morgan fingerprint density at radius 1 is 1.38 bits per heavy atom. The summed E-state index contributed by atoms with van der Waals surface area (Å²) in [6, 6.07) is 5.38. The summed E-state index contributed by atoms with van der Waals surface area (Å²) in [7, 11) is 1.61. The highest BCUT2D eigenvalue weighted by Gasteiger charge is 2.18. The van der Waals surface area contributed by atoms with Crippen LogP contribution in [-0.4, -0.2) is 41.3 Å². The van der Waals surface area contributed by atoms with E-state index in [4.69, 9.17) is 5.73 Å². The van der Waals surface area contributed by atoms with Gasteiger partial charge in [-0.2, -0.15) is 0 Å². The van der Waals surface area contributed by atoms with Crippen molar-refractivity contribution in [2.24, 2.45) is 0 Å². The molecule has 21 heavy (non-hydrogen) atoms. The minimum atomic E-state index is -0.204. The maximum atomic E-state index is 12.4. The van der Waals surface area contributed by atoms with Crippen LogP contribution in [-0.2, 0) is 4.79 Å². The number of H-pyrrole nitrogens is 1. The third-order valence-electron chi connectivity index (χ3n) is 3.11. The summed E-state index contributed by atoms with van der Waals surface area (Å²) in [5.41, 5.74) is 7.68. The largest absolute Gasteiger partial charge is 0.399 e. The number of fused-ring (bicyclic) bond motifs is 1. The van der Waals surface area contributed by atoms with E-state index < -0.39 is 0 Å². The first-order chi connectivity index (χ1) is 9.88. The van der Waals surface area contributed by atoms with Crippen molar-refractivity contribution in [1.82, 2.24) is 15.2 Å². The van der Waals surface area contributed by atoms with Gasteiger partial charge in [-0.1, -0.05) is 0 Å². The minimum absolute atomic E-state index is 0.0264. The van der Waals surface area contributed by atoms with Crippen molar-refractivity contribution in [3.63, 3.8) is 0 Å². The lowest BCUT2D eigenvalue weighted by molar-refractivity contribution is -0.122. The first kappa shape index (κ1) is 14.9. The lowest BCUT2D eigenvalue weighted by Crippen LogP contribution is -2.40. The van der Waals surface area contributed by atoms with Crippen LogP contribution in [0.3, 0.4) is 0 Å². The summed E-state index contributed by atoms with van der Waals surface area (Å²) < 4.78 is 0. The molecule has 0 aliphatic heterocycles. The molecule has 0 aliphatic rings. The van der Waals surface area contributed by atoms with Gasteiger partial charge in [0.1, 0.15) is 0 Å². The molecule has 0 saturated carbocycles. The third-order valence-corrected chi connectivity index (χ3v) is 3.11. The number of nitrogen functional groups attached to an aromatic ring is 1. The van der Waals surface area contributed by atoms with Gasteiger partial charge in [0, 0.05) is 35.9 Å². The number of nitrogens with one attached hydrogen (secondary N) is 2. The molecule has 0 aliphatic carbocycles. The third kappa shape index (κ3) is 3.34. The van der Waals surface area contributed by atoms with Crippen molar-refractivity contribution in [3.05, 3.63) is 30.0 Å². The van der Waals surface area contributed by atoms with E-state index in [2.05, 4.69) is 10.3 Å². The van der Waals surface area contributed by atoms with Crippen molar-refractivity contribution in [1.29, 1.82) is 0 Å². The molecule has 1 aromatic heterocycles. The standard InChI is InChI=1S/C15H20N4O2/c1-9(2)18-14(20)8-19(3)15(21)12-7-17-13-6-10(16)4-5-11(12)13/h4-7,9,17H,8,16H2,1-3H3,(H,18,20). The monoisotopic (exact) mass is 288 g/mol. The van der Waals surface area contributed by atoms with E-state index in [0.717, 1.165) is 10.9 Å². The Bertz CT molecular complexity index is 675. The number of hydrogen-bond donors (Lipinski definition) is 3. The highest BCUT2D eigenvalue weighted by atomic mass is 16.2. The lowest BCUT2D eigenvalue weighted by atomic mass is 10.1. The number of likely N-dealkylation sites (N-methyl/N-ethyl adjacent to an activating group) is 1. The number of nitrogens with two attached hydrogens (primary N) is 1. The number of aromatic nitrogens is 1. The molecule has 0 spiro atoms. The predicted octanol–water partition coefficient (Wildman–Crippen LogP) is 1.35. The molecule has 6 heteroatoms. The van der Waals surface area contributed by atoms with Crippen LogP contribution in [0.2, 0.25) is 0 Å². The van der Waals surface area contributed by atoms with E-state index >= 15 is 0 Å². The molecule has 4 N–H and O–H groups in total. The Morgan fingerprint density at radius 2 is 2.10 bits per heavy atom. The molecule has 1 aromatic carbocycles. The number of aromatic amines is 1. The number of anilines is 1. The van der Waals surface area contributed by atoms with Crippen LogP contribution in [0.15, 0.2) is 24.4 Å². The van der Waals surface area contributed by atoms with E-state index in [1.165, 1.54) is 4.90 Å². The quantitative estimate of drug-likeness (QED) is 0.742. The molecule has 2 rings (SSSR count). The molecule has 0 fully saturated rings. The van der Waals surface area contributed by atoms with E-state index in [1.807, 2.05) is 13.8 Å². The summed E-state index contributed by atoms with van der Waals surface area (Å²) in [6.07, 6.45) is 1.64. The second-order valence-corrected chi connectivity index (χ2v) is 5.39. The first-order valence-corrected chi connectivity index (χ1v) is 6.80. The number of hydrogen-bond acceptors (Lipinski definition) is 3. The van der Waals surface area contributed by atoms with Gasteiger partial charge in [-0.3, -0.25) is 9.59 Å². The number of carbonyl (C=O) groups is 2. The molecule has 6 nitrogen and oxygen atoms in total. The van der Waals surface area contributed by atoms with E-state index in [1.54, 1.807) is 31.4 Å². The summed E-state index contributed by atoms with van der Waals surface area (Å²) in [5, 5.41) is 3.56. The van der Waals surface area contributed by atoms with Gasteiger partial charge < -0.3 is 20.9 Å². The van der Waals surface area contributed by atoms with Crippen molar-refractivity contribution in [2.45, 2.75) is 19.9 Å². The fraction of sp³-hybridized carbons (Fsp3) is 0.333. The molecule has 2 amide bonds. The van der Waals surface area contributed by atoms with E-state index in [-0.39, 0.29) is 24.4 Å². The van der Waals surface area contributed by atoms with Crippen LogP contribution >= 0.6 is 0 Å². The van der Waals surface area contributed by atoms with Gasteiger partial charge in [0.2, 0.25) is 5.91 Å². The molecule has 0 radical (unpaired) electrons. The number of carbonyl (C=O) groups excluding carboxylic acids is 2. The van der Waals surface area contributed by atoms with Crippen LogP contribution in [0.5, 0.6) is 0 Å². The highest BCUT2D eigenvalue weighted by Crippen LogP contribution is 2.21. The molecule has 0 atom stereocenters. The fourth-order valence-corrected chi connectivity index (χ4v) is 2.18. The molecule has 0 bridgehead atoms. The zero-order chi connectivity index (χ0) is 15.6. The molecule has 112 valence electrons. The fourth-order valence-electron chi connectivity index (χ4n) is 2.18. The van der Waals surface area contributed by atoms with Crippen LogP contribution in [0.25, 0.3) is 10.9 Å². The molecule has 0 unspecified atom stereocenters. The van der Waals surface area contributed by atoms with Crippen molar-refractivity contribution >= 4 is 28.4 Å². The van der Waals surface area contributed by atoms with Gasteiger partial charge in [-0.25, -0.2) is 0 Å². The average molecular weight is 288 g/mol. The normalized spacial score (nSPS) is 10.9. The van der Waals surface area contributed by atoms with Crippen molar-refractivity contribution in [3.8, 4) is 0 Å². The van der Waals surface area contributed by atoms with Crippen LogP contribution in [0.1, 0.15) is 24.2 Å². The number of rotatable bonds is 4. The maximum absolute atomic E-state index is 12.4.